The molecule has 0 aliphatic carbocycles. The lowest BCUT2D eigenvalue weighted by Gasteiger charge is -2.13. The molecule has 0 aromatic heterocycles. The molecule has 0 bridgehead atoms. The number of benzene rings is 2. The van der Waals surface area contributed by atoms with Gasteiger partial charge in [0.05, 0.1) is 12.2 Å². The van der Waals surface area contributed by atoms with Crippen LogP contribution in [-0.4, -0.2) is 16.8 Å². The summed E-state index contributed by atoms with van der Waals surface area (Å²) in [5.41, 5.74) is 2.82. The molecule has 0 aliphatic heterocycles. The summed E-state index contributed by atoms with van der Waals surface area (Å²) in [5, 5.41) is 19.2. The van der Waals surface area contributed by atoms with Crippen LogP contribution in [0.3, 0.4) is 0 Å². The Morgan fingerprint density at radius 3 is 2.48 bits per heavy atom. The fraction of sp³-hybridized carbons (Fsp3) is 0.222. The Morgan fingerprint density at radius 1 is 1.10 bits per heavy atom. The van der Waals surface area contributed by atoms with Crippen molar-refractivity contribution >= 4 is 5.57 Å². The van der Waals surface area contributed by atoms with Crippen molar-refractivity contribution in [3.05, 3.63) is 59.7 Å². The van der Waals surface area contributed by atoms with Crippen LogP contribution in [0.15, 0.2) is 48.5 Å². The SMILES string of the molecule is C/C=C(\C)c1c(O)cccc1OCCc1ccc(O)cc1. The van der Waals surface area contributed by atoms with E-state index in [4.69, 9.17) is 4.74 Å². The van der Waals surface area contributed by atoms with Gasteiger partial charge in [-0.1, -0.05) is 24.3 Å². The van der Waals surface area contributed by atoms with E-state index in [0.29, 0.717) is 12.4 Å². The topological polar surface area (TPSA) is 49.7 Å². The third kappa shape index (κ3) is 3.78. The van der Waals surface area contributed by atoms with Crippen molar-refractivity contribution in [2.75, 3.05) is 6.61 Å². The highest BCUT2D eigenvalue weighted by atomic mass is 16.5. The first-order valence-electron chi connectivity index (χ1n) is 6.97. The van der Waals surface area contributed by atoms with E-state index in [1.54, 1.807) is 24.3 Å². The standard InChI is InChI=1S/C18H20O3/c1-3-13(2)18-16(20)5-4-6-17(18)21-12-11-14-7-9-15(19)10-8-14/h3-10,19-20H,11-12H2,1-2H3/b13-3+. The van der Waals surface area contributed by atoms with Crippen LogP contribution >= 0.6 is 0 Å². The number of allylic oxidation sites excluding steroid dienone is 2. The van der Waals surface area contributed by atoms with Crippen molar-refractivity contribution in [2.45, 2.75) is 20.3 Å². The molecular formula is C18H20O3. The number of hydrogen-bond donors (Lipinski definition) is 2. The van der Waals surface area contributed by atoms with E-state index in [0.717, 1.165) is 23.1 Å². The number of rotatable bonds is 5. The molecule has 0 atom stereocenters. The summed E-state index contributed by atoms with van der Waals surface area (Å²) in [4.78, 5) is 0. The Morgan fingerprint density at radius 2 is 1.81 bits per heavy atom. The van der Waals surface area contributed by atoms with Crippen molar-refractivity contribution in [3.63, 3.8) is 0 Å². The number of phenolic OH excluding ortho intramolecular Hbond substituents is 2. The highest BCUT2D eigenvalue weighted by molar-refractivity contribution is 5.73. The van der Waals surface area contributed by atoms with Crippen LogP contribution in [0.5, 0.6) is 17.2 Å². The maximum atomic E-state index is 9.99. The Bertz CT molecular complexity index is 627. The second-order valence-corrected chi connectivity index (χ2v) is 4.89. The first-order valence-corrected chi connectivity index (χ1v) is 6.97. The lowest BCUT2D eigenvalue weighted by molar-refractivity contribution is 0.318. The maximum Gasteiger partial charge on any atom is 0.130 e. The first kappa shape index (κ1) is 15.0. The van der Waals surface area contributed by atoms with E-state index in [1.165, 1.54) is 0 Å². The molecule has 2 aromatic carbocycles. The van der Waals surface area contributed by atoms with Crippen molar-refractivity contribution in [1.82, 2.24) is 0 Å². The minimum atomic E-state index is 0.229. The molecule has 0 unspecified atom stereocenters. The average molecular weight is 284 g/mol. The molecule has 110 valence electrons. The first-order chi connectivity index (χ1) is 10.1. The second kappa shape index (κ2) is 6.84. The van der Waals surface area contributed by atoms with Crippen LogP contribution in [0.1, 0.15) is 25.0 Å². The molecule has 2 N–H and O–H groups in total. The van der Waals surface area contributed by atoms with E-state index in [9.17, 15) is 10.2 Å². The smallest absolute Gasteiger partial charge is 0.130 e. The summed E-state index contributed by atoms with van der Waals surface area (Å²) in [6.45, 7) is 4.39. The Hall–Kier alpha value is -2.42. The molecule has 21 heavy (non-hydrogen) atoms. The molecule has 0 aliphatic rings. The second-order valence-electron chi connectivity index (χ2n) is 4.89. The predicted molar refractivity (Wildman–Crippen MR) is 84.7 cm³/mol. The minimum absolute atomic E-state index is 0.229. The molecule has 0 spiro atoms. The van der Waals surface area contributed by atoms with Gasteiger partial charge in [-0.25, -0.2) is 0 Å². The summed E-state index contributed by atoms with van der Waals surface area (Å²) in [7, 11) is 0. The van der Waals surface area contributed by atoms with Crippen LogP contribution in [0.2, 0.25) is 0 Å². The Kier molecular flexibility index (Phi) is 4.88. The Labute approximate surface area is 125 Å². The van der Waals surface area contributed by atoms with Crippen molar-refractivity contribution in [3.8, 4) is 17.2 Å². The van der Waals surface area contributed by atoms with Gasteiger partial charge in [-0.05, 0) is 49.2 Å². The van der Waals surface area contributed by atoms with E-state index >= 15 is 0 Å². The molecule has 3 nitrogen and oxygen atoms in total. The molecule has 2 aromatic rings. The van der Waals surface area contributed by atoms with Gasteiger partial charge in [0, 0.05) is 6.42 Å². The van der Waals surface area contributed by atoms with Gasteiger partial charge in [-0.2, -0.15) is 0 Å². The summed E-state index contributed by atoms with van der Waals surface area (Å²) in [6, 6.07) is 12.4. The molecule has 0 heterocycles. The predicted octanol–water partition coefficient (Wildman–Crippen LogP) is 4.14. The molecule has 0 saturated heterocycles. The lowest BCUT2D eigenvalue weighted by Crippen LogP contribution is -2.03. The van der Waals surface area contributed by atoms with Gasteiger partial charge in [-0.3, -0.25) is 0 Å². The van der Waals surface area contributed by atoms with E-state index in [-0.39, 0.29) is 11.5 Å². The zero-order valence-corrected chi connectivity index (χ0v) is 12.3. The molecule has 3 heteroatoms. The minimum Gasteiger partial charge on any atom is -0.508 e. The van der Waals surface area contributed by atoms with Crippen molar-refractivity contribution in [1.29, 1.82) is 0 Å². The van der Waals surface area contributed by atoms with Gasteiger partial charge in [0.2, 0.25) is 0 Å². The van der Waals surface area contributed by atoms with Gasteiger partial charge in [0.15, 0.2) is 0 Å². The largest absolute Gasteiger partial charge is 0.508 e. The van der Waals surface area contributed by atoms with Gasteiger partial charge >= 0.3 is 0 Å². The zero-order chi connectivity index (χ0) is 15.2. The van der Waals surface area contributed by atoms with E-state index in [1.807, 2.05) is 38.1 Å². The van der Waals surface area contributed by atoms with E-state index < -0.39 is 0 Å². The molecular weight excluding hydrogens is 264 g/mol. The molecule has 0 saturated carbocycles. The summed E-state index contributed by atoms with van der Waals surface area (Å²) >= 11 is 0. The fourth-order valence-corrected chi connectivity index (χ4v) is 2.12. The summed E-state index contributed by atoms with van der Waals surface area (Å²) in [5.74, 6) is 1.18. The Balaban J connectivity index is 2.06. The van der Waals surface area contributed by atoms with Gasteiger partial charge in [0.1, 0.15) is 17.2 Å². The molecule has 2 rings (SSSR count). The third-order valence-corrected chi connectivity index (χ3v) is 3.42. The molecule has 0 radical (unpaired) electrons. The van der Waals surface area contributed by atoms with Gasteiger partial charge in [-0.15, -0.1) is 0 Å². The summed E-state index contributed by atoms with van der Waals surface area (Å²) < 4.78 is 5.81. The zero-order valence-electron chi connectivity index (χ0n) is 12.3. The quantitative estimate of drug-likeness (QED) is 0.867. The molecule has 0 fully saturated rings. The number of ether oxygens (including phenoxy) is 1. The highest BCUT2D eigenvalue weighted by Crippen LogP contribution is 2.33. The highest BCUT2D eigenvalue weighted by Gasteiger charge is 2.10. The fourth-order valence-electron chi connectivity index (χ4n) is 2.12. The van der Waals surface area contributed by atoms with Crippen LogP contribution < -0.4 is 4.74 Å². The lowest BCUT2D eigenvalue weighted by atomic mass is 10.0. The third-order valence-electron chi connectivity index (χ3n) is 3.42. The van der Waals surface area contributed by atoms with Crippen LogP contribution in [0, 0.1) is 0 Å². The average Bonchev–Trinajstić information content (AvgIpc) is 2.49. The summed E-state index contributed by atoms with van der Waals surface area (Å²) in [6.07, 6.45) is 2.69. The normalized spacial score (nSPS) is 11.4. The number of phenols is 2. The van der Waals surface area contributed by atoms with E-state index in [2.05, 4.69) is 0 Å². The van der Waals surface area contributed by atoms with Crippen LogP contribution in [0.25, 0.3) is 5.57 Å². The van der Waals surface area contributed by atoms with Crippen LogP contribution in [-0.2, 0) is 6.42 Å². The molecule has 0 amide bonds. The van der Waals surface area contributed by atoms with Crippen LogP contribution in [0.4, 0.5) is 0 Å². The van der Waals surface area contributed by atoms with Crippen molar-refractivity contribution in [2.24, 2.45) is 0 Å². The maximum absolute atomic E-state index is 9.99. The van der Waals surface area contributed by atoms with Crippen molar-refractivity contribution < 1.29 is 14.9 Å². The number of aromatic hydroxyl groups is 2. The monoisotopic (exact) mass is 284 g/mol. The van der Waals surface area contributed by atoms with Gasteiger partial charge < -0.3 is 14.9 Å². The van der Waals surface area contributed by atoms with Gasteiger partial charge in [0.25, 0.3) is 0 Å². The number of hydrogen-bond acceptors (Lipinski definition) is 3.